The molecule has 0 radical (unpaired) electrons. The Kier molecular flexibility index (Phi) is 5.32. The molecule has 0 aliphatic rings. The minimum atomic E-state index is 0.714. The second-order valence-electron chi connectivity index (χ2n) is 4.89. The van der Waals surface area contributed by atoms with Gasteiger partial charge in [-0.3, -0.25) is 4.68 Å². The highest BCUT2D eigenvalue weighted by atomic mass is 16.5. The van der Waals surface area contributed by atoms with Gasteiger partial charge in [0.15, 0.2) is 0 Å². The van der Waals surface area contributed by atoms with E-state index >= 15 is 0 Å². The monoisotopic (exact) mass is 273 g/mol. The Labute approximate surface area is 120 Å². The van der Waals surface area contributed by atoms with Gasteiger partial charge in [0.2, 0.25) is 0 Å². The Bertz CT molecular complexity index is 574. The predicted molar refractivity (Wildman–Crippen MR) is 82.7 cm³/mol. The van der Waals surface area contributed by atoms with E-state index in [1.165, 1.54) is 16.5 Å². The summed E-state index contributed by atoms with van der Waals surface area (Å²) in [5, 5.41) is 9.29. The normalized spacial score (nSPS) is 11.1. The fourth-order valence-corrected chi connectivity index (χ4v) is 2.15. The van der Waals surface area contributed by atoms with Crippen LogP contribution in [-0.4, -0.2) is 30.0 Å². The van der Waals surface area contributed by atoms with Gasteiger partial charge in [-0.05, 0) is 12.5 Å². The van der Waals surface area contributed by atoms with Crippen LogP contribution in [0.3, 0.4) is 0 Å². The smallest absolute Gasteiger partial charge is 0.0841 e. The van der Waals surface area contributed by atoms with E-state index in [2.05, 4.69) is 47.8 Å². The first-order valence-corrected chi connectivity index (χ1v) is 7.07. The van der Waals surface area contributed by atoms with Crippen molar-refractivity contribution in [3.63, 3.8) is 0 Å². The maximum absolute atomic E-state index is 5.04. The maximum atomic E-state index is 5.04. The van der Waals surface area contributed by atoms with Gasteiger partial charge in [0.25, 0.3) is 0 Å². The van der Waals surface area contributed by atoms with Gasteiger partial charge in [-0.25, -0.2) is 0 Å². The second-order valence-corrected chi connectivity index (χ2v) is 4.89. The Balaban J connectivity index is 2.19. The minimum absolute atomic E-state index is 0.714. The fraction of sp³-hybridized carbons (Fsp3) is 0.438. The van der Waals surface area contributed by atoms with Crippen LogP contribution < -0.4 is 5.32 Å². The summed E-state index contributed by atoms with van der Waals surface area (Å²) < 4.78 is 7.09. The van der Waals surface area contributed by atoms with Gasteiger partial charge in [-0.1, -0.05) is 37.3 Å². The van der Waals surface area contributed by atoms with Gasteiger partial charge >= 0.3 is 0 Å². The van der Waals surface area contributed by atoms with Gasteiger partial charge in [-0.15, -0.1) is 0 Å². The summed E-state index contributed by atoms with van der Waals surface area (Å²) in [6.07, 6.45) is 0.982. The van der Waals surface area contributed by atoms with E-state index in [9.17, 15) is 0 Å². The van der Waals surface area contributed by atoms with E-state index in [4.69, 9.17) is 9.84 Å². The Morgan fingerprint density at radius 1 is 1.40 bits per heavy atom. The van der Waals surface area contributed by atoms with Crippen molar-refractivity contribution in [2.24, 2.45) is 0 Å². The van der Waals surface area contributed by atoms with Crippen LogP contribution in [-0.2, 0) is 17.8 Å². The van der Waals surface area contributed by atoms with E-state index < -0.39 is 0 Å². The number of nitrogens with zero attached hydrogens (tertiary/aromatic N) is 2. The maximum Gasteiger partial charge on any atom is 0.0841 e. The molecule has 1 aromatic carbocycles. The fourth-order valence-electron chi connectivity index (χ4n) is 2.15. The molecule has 0 fully saturated rings. The molecule has 0 saturated heterocycles. The Morgan fingerprint density at radius 2 is 2.20 bits per heavy atom. The average Bonchev–Trinajstić information content (AvgIpc) is 2.82. The summed E-state index contributed by atoms with van der Waals surface area (Å²) >= 11 is 0. The van der Waals surface area contributed by atoms with E-state index in [1.807, 2.05) is 0 Å². The van der Waals surface area contributed by atoms with Crippen LogP contribution in [0.5, 0.6) is 0 Å². The summed E-state index contributed by atoms with van der Waals surface area (Å²) in [6.45, 7) is 9.30. The molecule has 4 heteroatoms. The lowest BCUT2D eigenvalue weighted by molar-refractivity contribution is 0.199. The molecule has 0 spiro atoms. The number of methoxy groups -OCH3 is 1. The standard InChI is InChI=1S/C16H23N3O/c1-4-13(2)12-19-16-8-6-5-7-14(16)15(18-19)11-17-9-10-20-3/h5-8,17H,2,4,9-12H2,1,3H3. The molecule has 1 N–H and O–H groups in total. The highest BCUT2D eigenvalue weighted by Gasteiger charge is 2.09. The van der Waals surface area contributed by atoms with Crippen LogP contribution in [0.4, 0.5) is 0 Å². The largest absolute Gasteiger partial charge is 0.383 e. The highest BCUT2D eigenvalue weighted by Crippen LogP contribution is 2.19. The molecular weight excluding hydrogens is 250 g/mol. The van der Waals surface area contributed by atoms with E-state index in [-0.39, 0.29) is 0 Å². The lowest BCUT2D eigenvalue weighted by Crippen LogP contribution is -2.19. The zero-order valence-corrected chi connectivity index (χ0v) is 12.4. The molecule has 1 heterocycles. The molecule has 4 nitrogen and oxygen atoms in total. The van der Waals surface area contributed by atoms with Crippen molar-refractivity contribution in [3.8, 4) is 0 Å². The van der Waals surface area contributed by atoms with Crippen LogP contribution in [0.25, 0.3) is 10.9 Å². The third-order valence-corrected chi connectivity index (χ3v) is 3.38. The van der Waals surface area contributed by atoms with Gasteiger partial charge in [-0.2, -0.15) is 5.10 Å². The molecule has 0 unspecified atom stereocenters. The van der Waals surface area contributed by atoms with Crippen LogP contribution in [0.15, 0.2) is 36.4 Å². The zero-order valence-electron chi connectivity index (χ0n) is 12.4. The van der Waals surface area contributed by atoms with E-state index in [0.29, 0.717) is 6.61 Å². The van der Waals surface area contributed by atoms with Crippen molar-refractivity contribution in [2.45, 2.75) is 26.4 Å². The highest BCUT2D eigenvalue weighted by molar-refractivity contribution is 5.82. The predicted octanol–water partition coefficient (Wildman–Crippen LogP) is 2.74. The number of allylic oxidation sites excluding steroid dienone is 1. The van der Waals surface area contributed by atoms with Crippen molar-refractivity contribution in [3.05, 3.63) is 42.1 Å². The number of nitrogens with one attached hydrogen (secondary N) is 1. The molecule has 0 bridgehead atoms. The van der Waals surface area contributed by atoms with Crippen molar-refractivity contribution in [1.82, 2.24) is 15.1 Å². The van der Waals surface area contributed by atoms with E-state index in [1.54, 1.807) is 7.11 Å². The summed E-state index contributed by atoms with van der Waals surface area (Å²) in [4.78, 5) is 0. The number of ether oxygens (including phenoxy) is 1. The van der Waals surface area contributed by atoms with Gasteiger partial charge in [0.1, 0.15) is 0 Å². The molecule has 0 aliphatic carbocycles. The SMILES string of the molecule is C=C(CC)Cn1nc(CNCCOC)c2ccccc21. The van der Waals surface area contributed by atoms with Gasteiger partial charge < -0.3 is 10.1 Å². The number of para-hydroxylation sites is 1. The van der Waals surface area contributed by atoms with Gasteiger partial charge in [0, 0.05) is 25.6 Å². The average molecular weight is 273 g/mol. The number of rotatable bonds is 8. The number of benzene rings is 1. The number of hydrogen-bond acceptors (Lipinski definition) is 3. The topological polar surface area (TPSA) is 39.1 Å². The number of aromatic nitrogens is 2. The van der Waals surface area contributed by atoms with Crippen molar-refractivity contribution in [2.75, 3.05) is 20.3 Å². The van der Waals surface area contributed by atoms with Crippen LogP contribution in [0.1, 0.15) is 19.0 Å². The third-order valence-electron chi connectivity index (χ3n) is 3.38. The molecule has 20 heavy (non-hydrogen) atoms. The summed E-state index contributed by atoms with van der Waals surface area (Å²) in [7, 11) is 1.71. The van der Waals surface area contributed by atoms with Crippen LogP contribution in [0.2, 0.25) is 0 Å². The molecule has 0 saturated carbocycles. The molecule has 1 aromatic heterocycles. The molecule has 0 aliphatic heterocycles. The molecule has 108 valence electrons. The molecular formula is C16H23N3O. The first-order valence-electron chi connectivity index (χ1n) is 7.07. The minimum Gasteiger partial charge on any atom is -0.383 e. The van der Waals surface area contributed by atoms with Crippen molar-refractivity contribution < 1.29 is 4.74 Å². The quantitative estimate of drug-likeness (QED) is 0.594. The molecule has 0 amide bonds. The van der Waals surface area contributed by atoms with Crippen LogP contribution in [0, 0.1) is 0 Å². The summed E-state index contributed by atoms with van der Waals surface area (Å²) in [5.41, 5.74) is 3.45. The zero-order chi connectivity index (χ0) is 14.4. The van der Waals surface area contributed by atoms with Crippen LogP contribution >= 0.6 is 0 Å². The number of fused-ring (bicyclic) bond motifs is 1. The summed E-state index contributed by atoms with van der Waals surface area (Å²) in [5.74, 6) is 0. The first-order chi connectivity index (χ1) is 9.76. The second kappa shape index (κ2) is 7.22. The number of hydrogen-bond donors (Lipinski definition) is 1. The molecule has 0 atom stereocenters. The molecule has 2 rings (SSSR count). The summed E-state index contributed by atoms with van der Waals surface area (Å²) in [6, 6.07) is 8.35. The van der Waals surface area contributed by atoms with Crippen molar-refractivity contribution >= 4 is 10.9 Å². The van der Waals surface area contributed by atoms with E-state index in [0.717, 1.165) is 31.7 Å². The Morgan fingerprint density at radius 3 is 2.95 bits per heavy atom. The lowest BCUT2D eigenvalue weighted by atomic mass is 10.2. The third kappa shape index (κ3) is 3.46. The van der Waals surface area contributed by atoms with Crippen molar-refractivity contribution in [1.29, 1.82) is 0 Å². The van der Waals surface area contributed by atoms with Gasteiger partial charge in [0.05, 0.1) is 24.4 Å². The molecule has 2 aromatic rings. The first kappa shape index (κ1) is 14.8. The Hall–Kier alpha value is -1.65. The lowest BCUT2D eigenvalue weighted by Gasteiger charge is -2.04.